The molecule has 1 aliphatic rings. The van der Waals surface area contributed by atoms with Crippen LogP contribution in [0.25, 0.3) is 0 Å². The first-order valence-electron chi connectivity index (χ1n) is 7.11. The fourth-order valence-electron chi connectivity index (χ4n) is 3.44. The maximum Gasteiger partial charge on any atom is 0.126 e. The number of hydrogen-bond donors (Lipinski definition) is 2. The van der Waals surface area contributed by atoms with Gasteiger partial charge in [-0.25, -0.2) is 0 Å². The van der Waals surface area contributed by atoms with Gasteiger partial charge in [0.2, 0.25) is 0 Å². The van der Waals surface area contributed by atoms with E-state index in [1.165, 1.54) is 11.1 Å². The summed E-state index contributed by atoms with van der Waals surface area (Å²) in [6, 6.07) is 8.45. The highest BCUT2D eigenvalue weighted by Gasteiger charge is 2.29. The van der Waals surface area contributed by atoms with E-state index in [0.717, 1.165) is 29.5 Å². The second-order valence-corrected chi connectivity index (χ2v) is 5.78. The Morgan fingerprint density at radius 1 is 0.900 bits per heavy atom. The third-order valence-electron chi connectivity index (χ3n) is 4.77. The number of phenols is 2. The largest absolute Gasteiger partial charge is 0.507 e. The first-order chi connectivity index (χ1) is 9.52. The predicted octanol–water partition coefficient (Wildman–Crippen LogP) is 4.10. The molecule has 2 N–H and O–H groups in total. The summed E-state index contributed by atoms with van der Waals surface area (Å²) in [6.45, 7) is 5.69. The molecule has 1 aliphatic carbocycles. The molecule has 104 valence electrons. The van der Waals surface area contributed by atoms with Crippen molar-refractivity contribution in [3.8, 4) is 11.5 Å². The predicted molar refractivity (Wildman–Crippen MR) is 80.6 cm³/mol. The van der Waals surface area contributed by atoms with Crippen LogP contribution in [0.5, 0.6) is 11.5 Å². The van der Waals surface area contributed by atoms with Crippen LogP contribution in [-0.4, -0.2) is 10.2 Å². The van der Waals surface area contributed by atoms with Crippen molar-refractivity contribution in [2.45, 2.75) is 39.5 Å². The van der Waals surface area contributed by atoms with Gasteiger partial charge >= 0.3 is 0 Å². The number of fused-ring (bicyclic) bond motifs is 1. The molecule has 2 nitrogen and oxygen atoms in total. The maximum absolute atomic E-state index is 10.5. The van der Waals surface area contributed by atoms with Crippen molar-refractivity contribution in [1.29, 1.82) is 0 Å². The van der Waals surface area contributed by atoms with Crippen LogP contribution in [0.1, 0.15) is 45.7 Å². The van der Waals surface area contributed by atoms with Crippen molar-refractivity contribution in [2.75, 3.05) is 0 Å². The summed E-state index contributed by atoms with van der Waals surface area (Å²) in [5.74, 6) is 0.714. The SMILES string of the molecule is Cc1c(C)c(C2CCc3ccccc32)c(O)c(C)c1O. The average molecular weight is 268 g/mol. The van der Waals surface area contributed by atoms with Crippen LogP contribution in [0.4, 0.5) is 0 Å². The van der Waals surface area contributed by atoms with Crippen LogP contribution in [0.3, 0.4) is 0 Å². The average Bonchev–Trinajstić information content (AvgIpc) is 2.87. The normalized spacial score (nSPS) is 17.2. The molecule has 0 amide bonds. The number of rotatable bonds is 1. The quantitative estimate of drug-likeness (QED) is 0.817. The van der Waals surface area contributed by atoms with Crippen LogP contribution >= 0.6 is 0 Å². The van der Waals surface area contributed by atoms with Crippen LogP contribution in [0.2, 0.25) is 0 Å². The highest BCUT2D eigenvalue weighted by molar-refractivity contribution is 5.60. The molecule has 0 saturated carbocycles. The van der Waals surface area contributed by atoms with Gasteiger partial charge in [-0.1, -0.05) is 24.3 Å². The molecule has 1 unspecified atom stereocenters. The summed E-state index contributed by atoms with van der Waals surface area (Å²) in [5, 5.41) is 20.6. The molecule has 0 aliphatic heterocycles. The fourth-order valence-corrected chi connectivity index (χ4v) is 3.44. The Hall–Kier alpha value is -1.96. The monoisotopic (exact) mass is 268 g/mol. The molecule has 3 rings (SSSR count). The molecule has 20 heavy (non-hydrogen) atoms. The molecule has 1 atom stereocenters. The number of aromatic hydroxyl groups is 2. The number of aryl methyl sites for hydroxylation is 1. The molecule has 0 bridgehead atoms. The minimum Gasteiger partial charge on any atom is -0.507 e. The Morgan fingerprint density at radius 3 is 2.35 bits per heavy atom. The van der Waals surface area contributed by atoms with E-state index < -0.39 is 0 Å². The van der Waals surface area contributed by atoms with E-state index in [1.807, 2.05) is 13.8 Å². The van der Waals surface area contributed by atoms with Gasteiger partial charge in [0.05, 0.1) is 0 Å². The molecular formula is C18H20O2. The minimum atomic E-state index is 0.218. The Bertz CT molecular complexity index is 657. The van der Waals surface area contributed by atoms with Gasteiger partial charge < -0.3 is 10.2 Å². The second kappa shape index (κ2) is 4.55. The molecule has 2 heteroatoms. The summed E-state index contributed by atoms with van der Waals surface area (Å²) >= 11 is 0. The van der Waals surface area contributed by atoms with E-state index in [2.05, 4.69) is 24.3 Å². The van der Waals surface area contributed by atoms with E-state index in [-0.39, 0.29) is 17.4 Å². The van der Waals surface area contributed by atoms with Gasteiger partial charge in [-0.3, -0.25) is 0 Å². The first-order valence-corrected chi connectivity index (χ1v) is 7.11. The van der Waals surface area contributed by atoms with Crippen molar-refractivity contribution in [2.24, 2.45) is 0 Å². The van der Waals surface area contributed by atoms with Crippen LogP contribution in [0, 0.1) is 20.8 Å². The smallest absolute Gasteiger partial charge is 0.126 e. The van der Waals surface area contributed by atoms with E-state index in [9.17, 15) is 10.2 Å². The molecule has 2 aromatic rings. The zero-order valence-electron chi connectivity index (χ0n) is 12.2. The summed E-state index contributed by atoms with van der Waals surface area (Å²) in [5.41, 5.74) is 6.15. The molecular weight excluding hydrogens is 248 g/mol. The van der Waals surface area contributed by atoms with Crippen LogP contribution < -0.4 is 0 Å². The highest BCUT2D eigenvalue weighted by atomic mass is 16.3. The number of hydrogen-bond acceptors (Lipinski definition) is 2. The van der Waals surface area contributed by atoms with Gasteiger partial charge in [0.25, 0.3) is 0 Å². The summed E-state index contributed by atoms with van der Waals surface area (Å²) in [4.78, 5) is 0. The molecule has 0 saturated heterocycles. The summed E-state index contributed by atoms with van der Waals surface area (Å²) in [7, 11) is 0. The molecule has 0 radical (unpaired) electrons. The van der Waals surface area contributed by atoms with Crippen molar-refractivity contribution < 1.29 is 10.2 Å². The Balaban J connectivity index is 2.23. The van der Waals surface area contributed by atoms with Gasteiger partial charge in [-0.2, -0.15) is 0 Å². The third kappa shape index (κ3) is 1.71. The third-order valence-corrected chi connectivity index (χ3v) is 4.77. The summed E-state index contributed by atoms with van der Waals surface area (Å²) < 4.78 is 0. The van der Waals surface area contributed by atoms with Gasteiger partial charge in [-0.15, -0.1) is 0 Å². The van der Waals surface area contributed by atoms with E-state index in [0.29, 0.717) is 5.56 Å². The fraction of sp³-hybridized carbons (Fsp3) is 0.333. The molecule has 0 heterocycles. The lowest BCUT2D eigenvalue weighted by Gasteiger charge is -2.21. The maximum atomic E-state index is 10.5. The van der Waals surface area contributed by atoms with Gasteiger partial charge in [-0.05, 0) is 55.9 Å². The minimum absolute atomic E-state index is 0.218. The zero-order valence-corrected chi connectivity index (χ0v) is 12.2. The Labute approximate surface area is 119 Å². The van der Waals surface area contributed by atoms with Crippen molar-refractivity contribution in [3.05, 3.63) is 57.6 Å². The van der Waals surface area contributed by atoms with Crippen LogP contribution in [-0.2, 0) is 6.42 Å². The zero-order chi connectivity index (χ0) is 14.4. The summed E-state index contributed by atoms with van der Waals surface area (Å²) in [6.07, 6.45) is 2.08. The second-order valence-electron chi connectivity index (χ2n) is 5.78. The number of phenolic OH excluding ortho intramolecular Hbond substituents is 2. The Morgan fingerprint density at radius 2 is 1.60 bits per heavy atom. The standard InChI is InChI=1S/C18H20O2/c1-10-11(2)17(19)12(3)18(20)16(10)15-9-8-13-6-4-5-7-14(13)15/h4-7,15,19-20H,8-9H2,1-3H3. The molecule has 2 aromatic carbocycles. The van der Waals surface area contributed by atoms with Gasteiger partial charge in [0, 0.05) is 17.0 Å². The van der Waals surface area contributed by atoms with Gasteiger partial charge in [0.1, 0.15) is 11.5 Å². The first kappa shape index (κ1) is 13.0. The van der Waals surface area contributed by atoms with Crippen LogP contribution in [0.15, 0.2) is 24.3 Å². The van der Waals surface area contributed by atoms with Crippen molar-refractivity contribution in [3.63, 3.8) is 0 Å². The van der Waals surface area contributed by atoms with E-state index >= 15 is 0 Å². The molecule has 0 fully saturated rings. The molecule has 0 spiro atoms. The van der Waals surface area contributed by atoms with E-state index in [4.69, 9.17) is 0 Å². The highest BCUT2D eigenvalue weighted by Crippen LogP contribution is 2.47. The lowest BCUT2D eigenvalue weighted by molar-refractivity contribution is 0.432. The number of benzene rings is 2. The lowest BCUT2D eigenvalue weighted by Crippen LogP contribution is -2.03. The van der Waals surface area contributed by atoms with Crippen molar-refractivity contribution in [1.82, 2.24) is 0 Å². The van der Waals surface area contributed by atoms with E-state index in [1.54, 1.807) is 6.92 Å². The lowest BCUT2D eigenvalue weighted by atomic mass is 9.85. The Kier molecular flexibility index (Phi) is 2.97. The topological polar surface area (TPSA) is 40.5 Å². The van der Waals surface area contributed by atoms with Crippen molar-refractivity contribution >= 4 is 0 Å². The molecule has 0 aromatic heterocycles. The van der Waals surface area contributed by atoms with Gasteiger partial charge in [0.15, 0.2) is 0 Å².